The molecule has 25 heavy (non-hydrogen) atoms. The number of alkyl halides is 3. The van der Waals surface area contributed by atoms with Crippen molar-refractivity contribution < 1.29 is 23.1 Å². The van der Waals surface area contributed by atoms with Gasteiger partial charge >= 0.3 is 17.8 Å². The molecule has 3 aromatic rings. The van der Waals surface area contributed by atoms with E-state index in [-0.39, 0.29) is 23.9 Å². The molecule has 0 spiro atoms. The third-order valence-corrected chi connectivity index (χ3v) is 4.21. The molecule has 0 radical (unpaired) electrons. The molecule has 7 nitrogen and oxygen atoms in total. The number of hydrogen-bond acceptors (Lipinski definition) is 5. The number of carboxylic acid groups (broad SMARTS) is 1. The molecule has 0 bridgehead atoms. The van der Waals surface area contributed by atoms with Crippen molar-refractivity contribution in [2.45, 2.75) is 12.6 Å². The van der Waals surface area contributed by atoms with E-state index >= 15 is 0 Å². The smallest absolute Gasteiger partial charge is 0.431 e. The Kier molecular flexibility index (Phi) is 3.95. The van der Waals surface area contributed by atoms with E-state index in [1.165, 1.54) is 18.2 Å². The second-order valence-corrected chi connectivity index (χ2v) is 5.84. The molecule has 0 atom stereocenters. The molecule has 2 heterocycles. The zero-order valence-corrected chi connectivity index (χ0v) is 12.9. The first kappa shape index (κ1) is 16.9. The van der Waals surface area contributed by atoms with E-state index in [2.05, 4.69) is 4.37 Å². The van der Waals surface area contributed by atoms with Crippen molar-refractivity contribution in [3.63, 3.8) is 0 Å². The van der Waals surface area contributed by atoms with Crippen molar-refractivity contribution in [3.05, 3.63) is 56.5 Å². The number of aliphatic carboxylic acids is 1. The normalized spacial score (nSPS) is 11.8. The third kappa shape index (κ3) is 3.18. The Labute approximate surface area is 140 Å². The summed E-state index contributed by atoms with van der Waals surface area (Å²) in [5, 5.41) is 9.29. The van der Waals surface area contributed by atoms with Gasteiger partial charge in [-0.1, -0.05) is 0 Å². The number of aromatic nitrogens is 3. The fourth-order valence-electron chi connectivity index (χ4n) is 2.28. The Bertz CT molecular complexity index is 1070. The largest absolute Gasteiger partial charge is 0.481 e. The lowest BCUT2D eigenvalue weighted by atomic mass is 10.1. The summed E-state index contributed by atoms with van der Waals surface area (Å²) in [7, 11) is 0. The SMILES string of the molecule is O=C(O)Cc1nsc2ccc(-n3c(=O)cc(C(F)(F)F)[nH]c3=O)cc12. The minimum atomic E-state index is -4.85. The van der Waals surface area contributed by atoms with Gasteiger partial charge in [-0.05, 0) is 29.7 Å². The van der Waals surface area contributed by atoms with Gasteiger partial charge < -0.3 is 10.1 Å². The molecule has 0 saturated heterocycles. The van der Waals surface area contributed by atoms with Crippen LogP contribution in [0.3, 0.4) is 0 Å². The number of fused-ring (bicyclic) bond motifs is 1. The Morgan fingerprint density at radius 3 is 2.60 bits per heavy atom. The molecule has 0 aliphatic carbocycles. The van der Waals surface area contributed by atoms with Crippen LogP contribution in [0.5, 0.6) is 0 Å². The number of halogens is 3. The summed E-state index contributed by atoms with van der Waals surface area (Å²) in [6.07, 6.45) is -5.21. The minimum Gasteiger partial charge on any atom is -0.481 e. The Morgan fingerprint density at radius 1 is 1.28 bits per heavy atom. The van der Waals surface area contributed by atoms with Gasteiger partial charge in [0.15, 0.2) is 0 Å². The summed E-state index contributed by atoms with van der Waals surface area (Å²) < 4.78 is 43.1. The average molecular weight is 371 g/mol. The van der Waals surface area contributed by atoms with Crippen LogP contribution in [-0.4, -0.2) is 25.0 Å². The van der Waals surface area contributed by atoms with Gasteiger partial charge in [-0.15, -0.1) is 0 Å². The second kappa shape index (κ2) is 5.84. The highest BCUT2D eigenvalue weighted by atomic mass is 32.1. The number of rotatable bonds is 3. The molecular weight excluding hydrogens is 363 g/mol. The number of nitrogens with one attached hydrogen (secondary N) is 1. The van der Waals surface area contributed by atoms with E-state index in [4.69, 9.17) is 5.11 Å². The van der Waals surface area contributed by atoms with Crippen molar-refractivity contribution in [1.82, 2.24) is 13.9 Å². The van der Waals surface area contributed by atoms with Gasteiger partial charge in [0.2, 0.25) is 0 Å². The molecule has 0 amide bonds. The summed E-state index contributed by atoms with van der Waals surface area (Å²) in [5.41, 5.74) is -3.59. The van der Waals surface area contributed by atoms with E-state index in [1.54, 1.807) is 4.98 Å². The molecule has 0 aliphatic rings. The maximum absolute atomic E-state index is 12.6. The van der Waals surface area contributed by atoms with Crippen LogP contribution in [0.4, 0.5) is 13.2 Å². The van der Waals surface area contributed by atoms with Crippen LogP contribution >= 0.6 is 11.5 Å². The van der Waals surface area contributed by atoms with Gasteiger partial charge in [0.25, 0.3) is 5.56 Å². The van der Waals surface area contributed by atoms with Gasteiger partial charge in [-0.3, -0.25) is 9.59 Å². The third-order valence-electron chi connectivity index (χ3n) is 3.34. The highest BCUT2D eigenvalue weighted by Crippen LogP contribution is 2.27. The van der Waals surface area contributed by atoms with Crippen molar-refractivity contribution in [1.29, 1.82) is 0 Å². The molecule has 3 rings (SSSR count). The number of H-pyrrole nitrogens is 1. The van der Waals surface area contributed by atoms with Crippen molar-refractivity contribution >= 4 is 27.6 Å². The lowest BCUT2D eigenvalue weighted by Crippen LogP contribution is -2.35. The second-order valence-electron chi connectivity index (χ2n) is 5.04. The summed E-state index contributed by atoms with van der Waals surface area (Å²) >= 11 is 1.04. The van der Waals surface area contributed by atoms with Crippen LogP contribution in [-0.2, 0) is 17.4 Å². The average Bonchev–Trinajstić information content (AvgIpc) is 2.87. The summed E-state index contributed by atoms with van der Waals surface area (Å²) in [6.45, 7) is 0. The van der Waals surface area contributed by atoms with Crippen LogP contribution < -0.4 is 11.2 Å². The quantitative estimate of drug-likeness (QED) is 0.730. The maximum Gasteiger partial charge on any atom is 0.431 e. The zero-order valence-electron chi connectivity index (χ0n) is 12.1. The van der Waals surface area contributed by atoms with Crippen LogP contribution in [0.1, 0.15) is 11.4 Å². The predicted octanol–water partition coefficient (Wildman–Crippen LogP) is 1.78. The fourth-order valence-corrected chi connectivity index (χ4v) is 3.05. The monoisotopic (exact) mass is 371 g/mol. The molecule has 11 heteroatoms. The van der Waals surface area contributed by atoms with Crippen LogP contribution in [0, 0.1) is 0 Å². The molecule has 130 valence electrons. The molecule has 2 aromatic heterocycles. The van der Waals surface area contributed by atoms with E-state index in [0.717, 1.165) is 11.5 Å². The van der Waals surface area contributed by atoms with Gasteiger partial charge in [-0.2, -0.15) is 17.5 Å². The number of carboxylic acids is 1. The number of benzene rings is 1. The van der Waals surface area contributed by atoms with Gasteiger partial charge in [0.1, 0.15) is 5.69 Å². The Balaban J connectivity index is 2.18. The fraction of sp³-hybridized carbons (Fsp3) is 0.143. The van der Waals surface area contributed by atoms with Gasteiger partial charge in [0.05, 0.1) is 22.5 Å². The minimum absolute atomic E-state index is 0.0133. The number of hydrogen-bond donors (Lipinski definition) is 2. The molecule has 1 aromatic carbocycles. The summed E-state index contributed by atoms with van der Waals surface area (Å²) in [6, 6.07) is 4.52. The van der Waals surface area contributed by atoms with Crippen molar-refractivity contribution in [2.75, 3.05) is 0 Å². The Morgan fingerprint density at radius 2 is 2.00 bits per heavy atom. The first-order chi connectivity index (χ1) is 11.7. The maximum atomic E-state index is 12.6. The van der Waals surface area contributed by atoms with E-state index in [0.29, 0.717) is 14.7 Å². The summed E-state index contributed by atoms with van der Waals surface area (Å²) in [5.74, 6) is -1.11. The van der Waals surface area contributed by atoms with E-state index in [1.807, 2.05) is 0 Å². The first-order valence-electron chi connectivity index (χ1n) is 6.71. The van der Waals surface area contributed by atoms with Crippen LogP contribution in [0.15, 0.2) is 33.9 Å². The predicted molar refractivity (Wildman–Crippen MR) is 82.2 cm³/mol. The highest BCUT2D eigenvalue weighted by Gasteiger charge is 2.33. The Hall–Kier alpha value is -2.95. The van der Waals surface area contributed by atoms with Crippen molar-refractivity contribution in [2.24, 2.45) is 0 Å². The van der Waals surface area contributed by atoms with E-state index in [9.17, 15) is 27.6 Å². The van der Waals surface area contributed by atoms with Crippen molar-refractivity contribution in [3.8, 4) is 5.69 Å². The first-order valence-corrected chi connectivity index (χ1v) is 7.48. The van der Waals surface area contributed by atoms with Crippen LogP contribution in [0.2, 0.25) is 0 Å². The summed E-state index contributed by atoms with van der Waals surface area (Å²) in [4.78, 5) is 36.4. The topological polar surface area (TPSA) is 105 Å². The molecule has 0 saturated carbocycles. The lowest BCUT2D eigenvalue weighted by Gasteiger charge is -2.09. The lowest BCUT2D eigenvalue weighted by molar-refractivity contribution is -0.141. The number of nitrogens with zero attached hydrogens (tertiary/aromatic N) is 2. The van der Waals surface area contributed by atoms with Gasteiger partial charge in [-0.25, -0.2) is 9.36 Å². The molecule has 0 fully saturated rings. The van der Waals surface area contributed by atoms with E-state index < -0.39 is 29.1 Å². The molecule has 0 unspecified atom stereocenters. The molecule has 0 aliphatic heterocycles. The molecule has 2 N–H and O–H groups in total. The molecular formula is C14H8F3N3O4S. The zero-order chi connectivity index (χ0) is 18.4. The van der Waals surface area contributed by atoms with Crippen LogP contribution in [0.25, 0.3) is 15.8 Å². The number of carbonyl (C=O) groups is 1. The number of aromatic amines is 1. The van der Waals surface area contributed by atoms with Gasteiger partial charge in [0, 0.05) is 11.5 Å². The highest BCUT2D eigenvalue weighted by molar-refractivity contribution is 7.13. The standard InChI is InChI=1S/C14H8F3N3O4S/c15-14(16,17)10-5-11(21)20(13(24)18-10)6-1-2-9-7(3-6)8(19-25-9)4-12(22)23/h1-3,5H,4H2,(H,18,24)(H,22,23).